The van der Waals surface area contributed by atoms with E-state index in [4.69, 9.17) is 14.2 Å². The van der Waals surface area contributed by atoms with Crippen LogP contribution >= 0.6 is 0 Å². The van der Waals surface area contributed by atoms with Gasteiger partial charge in [0.05, 0.1) is 20.3 Å². The molecule has 0 atom stereocenters. The lowest BCUT2D eigenvalue weighted by Gasteiger charge is -2.41. The molecule has 1 fully saturated rings. The molecule has 2 aromatic rings. The molecule has 2 aromatic carbocycles. The van der Waals surface area contributed by atoms with E-state index in [2.05, 4.69) is 34.4 Å². The smallest absolute Gasteiger partial charge is 0.191 e. The zero-order valence-electron chi connectivity index (χ0n) is 19.0. The molecule has 7 heteroatoms. The number of rotatable bonds is 8. The Balaban J connectivity index is 1.49. The first-order valence-corrected chi connectivity index (χ1v) is 10.7. The van der Waals surface area contributed by atoms with Crippen LogP contribution in [-0.4, -0.2) is 63.4 Å². The number of nitrogens with zero attached hydrogens (tertiary/aromatic N) is 2. The third kappa shape index (κ3) is 6.60. The molecule has 168 valence electrons. The Bertz CT molecular complexity index is 846. The van der Waals surface area contributed by atoms with Crippen molar-refractivity contribution in [2.45, 2.75) is 25.9 Å². The standard InChI is InChI=1S/C24H34N4O3/c1-24(2,28-13-15-30-16-14-28)18-27-23(25-3)26-17-19-9-11-20(12-10-19)31-22-8-6-5-7-21(22)29-4/h5-12H,13-18H2,1-4H3,(H2,25,26,27). The Hall–Kier alpha value is -2.77. The SMILES string of the molecule is CN=C(NCc1ccc(Oc2ccccc2OC)cc1)NCC(C)(C)N1CCOCC1. The van der Waals surface area contributed by atoms with Gasteiger partial charge < -0.3 is 24.8 Å². The summed E-state index contributed by atoms with van der Waals surface area (Å²) in [6, 6.07) is 15.6. The minimum absolute atomic E-state index is 0.0267. The number of ether oxygens (including phenoxy) is 3. The number of aliphatic imine (C=N–C) groups is 1. The molecule has 2 N–H and O–H groups in total. The average molecular weight is 427 g/mol. The minimum Gasteiger partial charge on any atom is -0.493 e. The normalized spacial score (nSPS) is 15.4. The Labute approximate surface area is 185 Å². The van der Waals surface area contributed by atoms with E-state index < -0.39 is 0 Å². The van der Waals surface area contributed by atoms with Crippen molar-refractivity contribution in [3.63, 3.8) is 0 Å². The molecular weight excluding hydrogens is 392 g/mol. The van der Waals surface area contributed by atoms with Gasteiger partial charge in [0.2, 0.25) is 0 Å². The fourth-order valence-corrected chi connectivity index (χ4v) is 3.49. The lowest BCUT2D eigenvalue weighted by Crippen LogP contribution is -2.56. The number of hydrogen-bond acceptors (Lipinski definition) is 5. The first kappa shape index (κ1) is 22.9. The summed E-state index contributed by atoms with van der Waals surface area (Å²) < 4.78 is 16.7. The summed E-state index contributed by atoms with van der Waals surface area (Å²) in [5, 5.41) is 6.84. The Morgan fingerprint density at radius 3 is 2.35 bits per heavy atom. The first-order chi connectivity index (χ1) is 15.0. The van der Waals surface area contributed by atoms with E-state index in [1.165, 1.54) is 0 Å². The van der Waals surface area contributed by atoms with Crippen molar-refractivity contribution in [3.05, 3.63) is 54.1 Å². The Kier molecular flexibility index (Phi) is 8.14. The Morgan fingerprint density at radius 1 is 1.03 bits per heavy atom. The molecule has 0 aromatic heterocycles. The van der Waals surface area contributed by atoms with E-state index >= 15 is 0 Å². The summed E-state index contributed by atoms with van der Waals surface area (Å²) >= 11 is 0. The van der Waals surface area contributed by atoms with Gasteiger partial charge in [0, 0.05) is 38.8 Å². The number of benzene rings is 2. The fourth-order valence-electron chi connectivity index (χ4n) is 3.49. The van der Waals surface area contributed by atoms with Crippen LogP contribution in [0.2, 0.25) is 0 Å². The van der Waals surface area contributed by atoms with Crippen molar-refractivity contribution in [1.29, 1.82) is 0 Å². The molecule has 1 aliphatic heterocycles. The van der Waals surface area contributed by atoms with Crippen LogP contribution in [0.15, 0.2) is 53.5 Å². The highest BCUT2D eigenvalue weighted by atomic mass is 16.5. The van der Waals surface area contributed by atoms with Crippen LogP contribution in [0.1, 0.15) is 19.4 Å². The van der Waals surface area contributed by atoms with Gasteiger partial charge in [0.25, 0.3) is 0 Å². The zero-order valence-corrected chi connectivity index (χ0v) is 19.0. The largest absolute Gasteiger partial charge is 0.493 e. The van der Waals surface area contributed by atoms with Crippen LogP contribution in [0.5, 0.6) is 17.2 Å². The van der Waals surface area contributed by atoms with Crippen molar-refractivity contribution >= 4 is 5.96 Å². The molecule has 0 bridgehead atoms. The van der Waals surface area contributed by atoms with Gasteiger partial charge in [-0.2, -0.15) is 0 Å². The number of hydrogen-bond donors (Lipinski definition) is 2. The summed E-state index contributed by atoms with van der Waals surface area (Å²) in [5.74, 6) is 2.96. The molecule has 0 radical (unpaired) electrons. The second-order valence-electron chi connectivity index (χ2n) is 8.09. The predicted octanol–water partition coefficient (Wildman–Crippen LogP) is 3.26. The molecule has 0 spiro atoms. The van der Waals surface area contributed by atoms with E-state index in [0.29, 0.717) is 18.0 Å². The van der Waals surface area contributed by atoms with Crippen molar-refractivity contribution < 1.29 is 14.2 Å². The van der Waals surface area contributed by atoms with Crippen LogP contribution in [0.3, 0.4) is 0 Å². The second-order valence-corrected chi connectivity index (χ2v) is 8.09. The van der Waals surface area contributed by atoms with Crippen LogP contribution in [0, 0.1) is 0 Å². The molecule has 0 unspecified atom stereocenters. The predicted molar refractivity (Wildman–Crippen MR) is 124 cm³/mol. The molecule has 1 aliphatic rings. The van der Waals surface area contributed by atoms with Gasteiger partial charge in [-0.15, -0.1) is 0 Å². The second kappa shape index (κ2) is 11.0. The maximum atomic E-state index is 5.94. The number of nitrogens with one attached hydrogen (secondary N) is 2. The van der Waals surface area contributed by atoms with Crippen molar-refractivity contribution in [2.24, 2.45) is 4.99 Å². The molecule has 7 nitrogen and oxygen atoms in total. The van der Waals surface area contributed by atoms with Gasteiger partial charge >= 0.3 is 0 Å². The van der Waals surface area contributed by atoms with Crippen molar-refractivity contribution in [2.75, 3.05) is 47.0 Å². The van der Waals surface area contributed by atoms with Crippen LogP contribution in [0.4, 0.5) is 0 Å². The van der Waals surface area contributed by atoms with Gasteiger partial charge in [-0.05, 0) is 43.7 Å². The number of morpholine rings is 1. The monoisotopic (exact) mass is 426 g/mol. The summed E-state index contributed by atoms with van der Waals surface area (Å²) in [7, 11) is 3.43. The molecule has 1 heterocycles. The van der Waals surface area contributed by atoms with Gasteiger partial charge in [0.15, 0.2) is 17.5 Å². The minimum atomic E-state index is 0.0267. The van der Waals surface area contributed by atoms with Crippen LogP contribution in [-0.2, 0) is 11.3 Å². The van der Waals surface area contributed by atoms with Crippen molar-refractivity contribution in [3.8, 4) is 17.2 Å². The molecule has 1 saturated heterocycles. The average Bonchev–Trinajstić information content (AvgIpc) is 2.81. The molecular formula is C24H34N4O3. The van der Waals surface area contributed by atoms with E-state index in [-0.39, 0.29) is 5.54 Å². The Morgan fingerprint density at radius 2 is 1.71 bits per heavy atom. The zero-order chi connectivity index (χ0) is 22.1. The van der Waals surface area contributed by atoms with Crippen molar-refractivity contribution in [1.82, 2.24) is 15.5 Å². The van der Waals surface area contributed by atoms with Gasteiger partial charge in [-0.1, -0.05) is 24.3 Å². The lowest BCUT2D eigenvalue weighted by molar-refractivity contribution is -0.00834. The van der Waals surface area contributed by atoms with E-state index in [9.17, 15) is 0 Å². The number of methoxy groups -OCH3 is 1. The lowest BCUT2D eigenvalue weighted by atomic mass is 10.0. The van der Waals surface area contributed by atoms with Gasteiger partial charge in [-0.3, -0.25) is 9.89 Å². The molecule has 31 heavy (non-hydrogen) atoms. The maximum absolute atomic E-state index is 5.94. The van der Waals surface area contributed by atoms with Gasteiger partial charge in [0.1, 0.15) is 5.75 Å². The van der Waals surface area contributed by atoms with Crippen LogP contribution < -0.4 is 20.1 Å². The maximum Gasteiger partial charge on any atom is 0.191 e. The molecule has 0 saturated carbocycles. The number of para-hydroxylation sites is 2. The van der Waals surface area contributed by atoms with Gasteiger partial charge in [-0.25, -0.2) is 0 Å². The molecule has 0 aliphatic carbocycles. The molecule has 3 rings (SSSR count). The highest BCUT2D eigenvalue weighted by Crippen LogP contribution is 2.30. The third-order valence-corrected chi connectivity index (χ3v) is 5.46. The highest BCUT2D eigenvalue weighted by Gasteiger charge is 2.28. The third-order valence-electron chi connectivity index (χ3n) is 5.46. The fraction of sp³-hybridized carbons (Fsp3) is 0.458. The topological polar surface area (TPSA) is 67.4 Å². The quantitative estimate of drug-likeness (QED) is 0.499. The first-order valence-electron chi connectivity index (χ1n) is 10.7. The molecule has 0 amide bonds. The summed E-state index contributed by atoms with van der Waals surface area (Å²) in [4.78, 5) is 6.81. The summed E-state index contributed by atoms with van der Waals surface area (Å²) in [5.41, 5.74) is 1.17. The highest BCUT2D eigenvalue weighted by molar-refractivity contribution is 5.79. The van der Waals surface area contributed by atoms with E-state index in [1.807, 2.05) is 48.5 Å². The number of guanidine groups is 1. The van der Waals surface area contributed by atoms with Crippen LogP contribution in [0.25, 0.3) is 0 Å². The summed E-state index contributed by atoms with van der Waals surface area (Å²) in [6.45, 7) is 9.50. The van der Waals surface area contributed by atoms with E-state index in [0.717, 1.165) is 50.1 Å². The van der Waals surface area contributed by atoms with E-state index in [1.54, 1.807) is 14.2 Å². The summed E-state index contributed by atoms with van der Waals surface area (Å²) in [6.07, 6.45) is 0.